The molecule has 0 aliphatic heterocycles. The van der Waals surface area contributed by atoms with Crippen LogP contribution in [0.4, 0.5) is 13.2 Å². The normalized spacial score (nSPS) is 10.9. The van der Waals surface area contributed by atoms with Crippen LogP contribution in [0.2, 0.25) is 0 Å². The number of rotatable bonds is 2. The lowest BCUT2D eigenvalue weighted by Crippen LogP contribution is -2.19. The van der Waals surface area contributed by atoms with E-state index in [1.54, 1.807) is 6.07 Å². The molecular weight excluding hydrogens is 225 g/mol. The number of hydrogen-bond acceptors (Lipinski definition) is 4. The summed E-state index contributed by atoms with van der Waals surface area (Å²) in [5, 5.41) is 17.7. The van der Waals surface area contributed by atoms with E-state index in [4.69, 9.17) is 5.26 Å². The molecule has 1 aromatic heterocycles. The van der Waals surface area contributed by atoms with E-state index in [0.29, 0.717) is 0 Å². The highest BCUT2D eigenvalue weighted by Crippen LogP contribution is 2.33. The summed E-state index contributed by atoms with van der Waals surface area (Å²) in [7, 11) is 0. The van der Waals surface area contributed by atoms with Gasteiger partial charge in [-0.1, -0.05) is 0 Å². The third-order valence-electron chi connectivity index (χ3n) is 1.77. The molecule has 0 spiro atoms. The maximum Gasteiger partial charge on any atom is 0.573 e. The lowest BCUT2D eigenvalue weighted by molar-refractivity contribution is -0.275. The summed E-state index contributed by atoms with van der Waals surface area (Å²) >= 11 is 0. The van der Waals surface area contributed by atoms with Gasteiger partial charge in [0.15, 0.2) is 5.75 Å². The van der Waals surface area contributed by atoms with Crippen LogP contribution >= 0.6 is 0 Å². The summed E-state index contributed by atoms with van der Waals surface area (Å²) in [6.07, 6.45) is -4.30. The van der Waals surface area contributed by atoms with E-state index in [-0.39, 0.29) is 17.7 Å². The molecule has 1 aromatic rings. The highest BCUT2D eigenvalue weighted by atomic mass is 19.4. The standard InChI is InChI=1S/C9H7F3N2O2/c1-5-8(16-9(10,11)12)6(2-3-13)7(15)4-14-5/h4,15H,2H2,1H3. The molecule has 0 atom stereocenters. The average Bonchev–Trinajstić information content (AvgIpc) is 2.15. The first-order chi connectivity index (χ1) is 7.35. The maximum absolute atomic E-state index is 12.1. The van der Waals surface area contributed by atoms with Crippen molar-refractivity contribution >= 4 is 0 Å². The van der Waals surface area contributed by atoms with E-state index < -0.39 is 17.9 Å². The number of hydrogen-bond donors (Lipinski definition) is 1. The Bertz CT molecular complexity index is 438. The number of nitrogens with zero attached hydrogens (tertiary/aromatic N) is 2. The molecule has 4 nitrogen and oxygen atoms in total. The van der Waals surface area contributed by atoms with Crippen molar-refractivity contribution in [2.45, 2.75) is 19.7 Å². The fourth-order valence-corrected chi connectivity index (χ4v) is 1.13. The third-order valence-corrected chi connectivity index (χ3v) is 1.77. The van der Waals surface area contributed by atoms with Gasteiger partial charge in [0.25, 0.3) is 0 Å². The van der Waals surface area contributed by atoms with Gasteiger partial charge in [0.2, 0.25) is 0 Å². The van der Waals surface area contributed by atoms with Crippen molar-refractivity contribution in [1.82, 2.24) is 4.98 Å². The second kappa shape index (κ2) is 4.26. The smallest absolute Gasteiger partial charge is 0.506 e. The van der Waals surface area contributed by atoms with Crippen molar-refractivity contribution in [3.8, 4) is 17.6 Å². The number of halogens is 3. The fourth-order valence-electron chi connectivity index (χ4n) is 1.13. The Balaban J connectivity index is 3.24. The molecule has 1 N–H and O–H groups in total. The molecule has 7 heteroatoms. The quantitative estimate of drug-likeness (QED) is 0.847. The van der Waals surface area contributed by atoms with Gasteiger partial charge in [0.05, 0.1) is 29.9 Å². The topological polar surface area (TPSA) is 66.1 Å². The molecule has 1 rings (SSSR count). The number of aromatic hydroxyl groups is 1. The summed E-state index contributed by atoms with van der Waals surface area (Å²) in [6.45, 7) is 1.29. The SMILES string of the molecule is Cc1ncc(O)c(CC#N)c1OC(F)(F)F. The van der Waals surface area contributed by atoms with Crippen LogP contribution in [0.15, 0.2) is 6.20 Å². The maximum atomic E-state index is 12.1. The largest absolute Gasteiger partial charge is 0.573 e. The van der Waals surface area contributed by atoms with E-state index in [1.807, 2.05) is 0 Å². The van der Waals surface area contributed by atoms with Crippen LogP contribution in [0.5, 0.6) is 11.5 Å². The molecule has 0 radical (unpaired) electrons. The first kappa shape index (κ1) is 12.1. The van der Waals surface area contributed by atoms with Gasteiger partial charge in [-0.2, -0.15) is 5.26 Å². The Kier molecular flexibility index (Phi) is 3.22. The summed E-state index contributed by atoms with van der Waals surface area (Å²) in [6, 6.07) is 1.64. The van der Waals surface area contributed by atoms with Gasteiger partial charge in [-0.3, -0.25) is 4.98 Å². The Morgan fingerprint density at radius 2 is 2.19 bits per heavy atom. The second-order valence-electron chi connectivity index (χ2n) is 2.92. The van der Waals surface area contributed by atoms with Crippen molar-refractivity contribution in [2.75, 3.05) is 0 Å². The van der Waals surface area contributed by atoms with Gasteiger partial charge < -0.3 is 9.84 Å². The zero-order valence-electron chi connectivity index (χ0n) is 8.17. The van der Waals surface area contributed by atoms with Crippen LogP contribution in [0.25, 0.3) is 0 Å². The summed E-state index contributed by atoms with van der Waals surface area (Å²) in [5.41, 5.74) is -0.257. The number of alkyl halides is 3. The van der Waals surface area contributed by atoms with Crippen molar-refractivity contribution < 1.29 is 23.0 Å². The van der Waals surface area contributed by atoms with Crippen LogP contribution in [-0.4, -0.2) is 16.5 Å². The Labute approximate surface area is 88.9 Å². The van der Waals surface area contributed by atoms with Crippen molar-refractivity contribution in [1.29, 1.82) is 5.26 Å². The molecule has 0 unspecified atom stereocenters. The minimum atomic E-state index is -4.88. The Morgan fingerprint density at radius 3 is 2.69 bits per heavy atom. The first-order valence-electron chi connectivity index (χ1n) is 4.15. The predicted molar refractivity (Wildman–Crippen MR) is 46.6 cm³/mol. The minimum absolute atomic E-state index is 0.0413. The van der Waals surface area contributed by atoms with Gasteiger partial charge >= 0.3 is 6.36 Å². The van der Waals surface area contributed by atoms with Crippen molar-refractivity contribution in [2.24, 2.45) is 0 Å². The van der Waals surface area contributed by atoms with Crippen LogP contribution in [0.3, 0.4) is 0 Å². The van der Waals surface area contributed by atoms with E-state index >= 15 is 0 Å². The summed E-state index contributed by atoms with van der Waals surface area (Å²) in [5.74, 6) is -1.11. The van der Waals surface area contributed by atoms with Crippen LogP contribution in [0, 0.1) is 18.3 Å². The molecule has 0 aliphatic carbocycles. The van der Waals surface area contributed by atoms with Gasteiger partial charge in [0.1, 0.15) is 5.75 Å². The fraction of sp³-hybridized carbons (Fsp3) is 0.333. The number of ether oxygens (including phenoxy) is 1. The predicted octanol–water partition coefficient (Wildman–Crippen LogP) is 2.06. The minimum Gasteiger partial charge on any atom is -0.506 e. The Hall–Kier alpha value is -1.97. The molecule has 0 aromatic carbocycles. The zero-order chi connectivity index (χ0) is 12.3. The number of pyridine rings is 1. The average molecular weight is 232 g/mol. The van der Waals surface area contributed by atoms with Gasteiger partial charge in [-0.25, -0.2) is 0 Å². The highest BCUT2D eigenvalue weighted by molar-refractivity contribution is 5.46. The number of nitriles is 1. The lowest BCUT2D eigenvalue weighted by Gasteiger charge is -2.14. The molecule has 0 fully saturated rings. The van der Waals surface area contributed by atoms with Crippen molar-refractivity contribution in [3.05, 3.63) is 17.5 Å². The van der Waals surface area contributed by atoms with E-state index in [9.17, 15) is 18.3 Å². The third kappa shape index (κ3) is 2.76. The molecule has 1 heterocycles. The highest BCUT2D eigenvalue weighted by Gasteiger charge is 2.33. The van der Waals surface area contributed by atoms with Crippen LogP contribution < -0.4 is 4.74 Å². The van der Waals surface area contributed by atoms with E-state index in [0.717, 1.165) is 6.20 Å². The van der Waals surface area contributed by atoms with E-state index in [2.05, 4.69) is 9.72 Å². The first-order valence-corrected chi connectivity index (χ1v) is 4.15. The number of aromatic nitrogens is 1. The molecule has 16 heavy (non-hydrogen) atoms. The monoisotopic (exact) mass is 232 g/mol. The molecule has 0 saturated carbocycles. The number of aryl methyl sites for hydroxylation is 1. The molecule has 0 bridgehead atoms. The Morgan fingerprint density at radius 1 is 1.56 bits per heavy atom. The molecule has 86 valence electrons. The molecule has 0 aliphatic rings. The van der Waals surface area contributed by atoms with Gasteiger partial charge in [-0.05, 0) is 6.92 Å². The lowest BCUT2D eigenvalue weighted by atomic mass is 10.1. The van der Waals surface area contributed by atoms with E-state index in [1.165, 1.54) is 6.92 Å². The zero-order valence-corrected chi connectivity index (χ0v) is 8.17. The van der Waals surface area contributed by atoms with Crippen LogP contribution in [-0.2, 0) is 6.42 Å². The van der Waals surface area contributed by atoms with Crippen molar-refractivity contribution in [3.63, 3.8) is 0 Å². The summed E-state index contributed by atoms with van der Waals surface area (Å²) < 4.78 is 39.9. The second-order valence-corrected chi connectivity index (χ2v) is 2.92. The van der Waals surface area contributed by atoms with Gasteiger partial charge in [-0.15, -0.1) is 13.2 Å². The molecule has 0 saturated heterocycles. The van der Waals surface area contributed by atoms with Gasteiger partial charge in [0, 0.05) is 0 Å². The molecule has 0 amide bonds. The van der Waals surface area contributed by atoms with Crippen LogP contribution in [0.1, 0.15) is 11.3 Å². The molecular formula is C9H7F3N2O2. The summed E-state index contributed by atoms with van der Waals surface area (Å²) in [4.78, 5) is 3.52.